The van der Waals surface area contributed by atoms with E-state index in [0.717, 1.165) is 13.1 Å². The summed E-state index contributed by atoms with van der Waals surface area (Å²) in [6, 6.07) is 6.31. The van der Waals surface area contributed by atoms with Gasteiger partial charge in [0.05, 0.1) is 0 Å². The van der Waals surface area contributed by atoms with Gasteiger partial charge in [0, 0.05) is 57.7 Å². The van der Waals surface area contributed by atoms with E-state index in [9.17, 15) is 14.4 Å². The molecule has 2 aliphatic rings. The molecule has 0 radical (unpaired) electrons. The zero-order valence-electron chi connectivity index (χ0n) is 15.0. The second-order valence-electron chi connectivity index (χ2n) is 6.78. The number of carbonyl (C=O) groups is 3. The lowest BCUT2D eigenvalue weighted by molar-refractivity contribution is -0.139. The van der Waals surface area contributed by atoms with Gasteiger partial charge in [-0.1, -0.05) is 12.1 Å². The fourth-order valence-electron chi connectivity index (χ4n) is 3.51. The average Bonchev–Trinajstić information content (AvgIpc) is 2.93. The molecule has 25 heavy (non-hydrogen) atoms. The number of benzene rings is 1. The Kier molecular flexibility index (Phi) is 5.06. The molecule has 0 aliphatic carbocycles. The van der Waals surface area contributed by atoms with E-state index in [1.54, 1.807) is 0 Å². The molecule has 3 amide bonds. The van der Waals surface area contributed by atoms with Crippen molar-refractivity contribution in [3.63, 3.8) is 0 Å². The van der Waals surface area contributed by atoms with Gasteiger partial charge in [0.1, 0.15) is 0 Å². The van der Waals surface area contributed by atoms with Gasteiger partial charge >= 0.3 is 0 Å². The van der Waals surface area contributed by atoms with Crippen LogP contribution in [0.1, 0.15) is 30.4 Å². The third-order valence-electron chi connectivity index (χ3n) is 5.25. The Morgan fingerprint density at radius 2 is 1.64 bits per heavy atom. The first-order valence-corrected chi connectivity index (χ1v) is 8.89. The van der Waals surface area contributed by atoms with Gasteiger partial charge in [0.25, 0.3) is 0 Å². The van der Waals surface area contributed by atoms with Crippen molar-refractivity contribution in [2.24, 2.45) is 0 Å². The van der Waals surface area contributed by atoms with E-state index in [1.165, 1.54) is 21.7 Å². The zero-order valence-corrected chi connectivity index (χ0v) is 15.0. The van der Waals surface area contributed by atoms with Crippen molar-refractivity contribution in [2.45, 2.75) is 33.1 Å². The molecule has 0 bridgehead atoms. The van der Waals surface area contributed by atoms with Gasteiger partial charge in [-0.15, -0.1) is 0 Å². The first-order chi connectivity index (χ1) is 12.0. The first-order valence-electron chi connectivity index (χ1n) is 8.89. The van der Waals surface area contributed by atoms with Gasteiger partial charge in [-0.3, -0.25) is 19.3 Å². The molecule has 0 N–H and O–H groups in total. The van der Waals surface area contributed by atoms with Crippen molar-refractivity contribution in [3.05, 3.63) is 29.3 Å². The van der Waals surface area contributed by atoms with E-state index in [0.29, 0.717) is 13.1 Å². The van der Waals surface area contributed by atoms with Crippen LogP contribution in [0.5, 0.6) is 0 Å². The molecule has 2 heterocycles. The maximum Gasteiger partial charge on any atom is 0.229 e. The Labute approximate surface area is 148 Å². The van der Waals surface area contributed by atoms with Crippen LogP contribution >= 0.6 is 0 Å². The fourth-order valence-corrected chi connectivity index (χ4v) is 3.51. The predicted octanol–water partition coefficient (Wildman–Crippen LogP) is 1.49. The Morgan fingerprint density at radius 3 is 2.28 bits per heavy atom. The number of nitrogens with zero attached hydrogens (tertiary/aromatic N) is 3. The monoisotopic (exact) mass is 343 g/mol. The molecule has 2 fully saturated rings. The Hall–Kier alpha value is -2.37. The summed E-state index contributed by atoms with van der Waals surface area (Å²) in [5, 5.41) is 0. The fraction of sp³-hybridized carbons (Fsp3) is 0.526. The average molecular weight is 343 g/mol. The molecular formula is C19H25N3O3. The number of hydrogen-bond donors (Lipinski definition) is 0. The number of rotatable bonds is 4. The first kappa shape index (κ1) is 17.5. The van der Waals surface area contributed by atoms with Crippen LogP contribution in [0.25, 0.3) is 0 Å². The van der Waals surface area contributed by atoms with E-state index in [-0.39, 0.29) is 43.5 Å². The molecule has 134 valence electrons. The van der Waals surface area contributed by atoms with Crippen molar-refractivity contribution >= 4 is 23.4 Å². The van der Waals surface area contributed by atoms with Crippen LogP contribution < -0.4 is 4.90 Å². The summed E-state index contributed by atoms with van der Waals surface area (Å²) in [4.78, 5) is 41.0. The third-order valence-corrected chi connectivity index (χ3v) is 5.25. The van der Waals surface area contributed by atoms with Crippen molar-refractivity contribution in [2.75, 3.05) is 37.6 Å². The second kappa shape index (κ2) is 7.25. The summed E-state index contributed by atoms with van der Waals surface area (Å²) < 4.78 is 0. The van der Waals surface area contributed by atoms with Gasteiger partial charge in [-0.2, -0.15) is 0 Å². The topological polar surface area (TPSA) is 60.9 Å². The molecule has 3 rings (SSSR count). The lowest BCUT2D eigenvalue weighted by Crippen LogP contribution is -2.49. The molecule has 1 aromatic carbocycles. The number of imide groups is 1. The molecule has 6 nitrogen and oxygen atoms in total. The summed E-state index contributed by atoms with van der Waals surface area (Å²) in [6.45, 7) is 7.41. The molecule has 1 aromatic rings. The van der Waals surface area contributed by atoms with Gasteiger partial charge in [-0.25, -0.2) is 0 Å². The number of anilines is 1. The molecule has 0 saturated carbocycles. The lowest BCUT2D eigenvalue weighted by atomic mass is 10.1. The van der Waals surface area contributed by atoms with Gasteiger partial charge in [0.15, 0.2) is 0 Å². The number of carbonyl (C=O) groups excluding carboxylic acids is 3. The highest BCUT2D eigenvalue weighted by atomic mass is 16.2. The highest BCUT2D eigenvalue weighted by Gasteiger charge is 2.30. The lowest BCUT2D eigenvalue weighted by Gasteiger charge is -2.37. The molecule has 2 aliphatic heterocycles. The largest absolute Gasteiger partial charge is 0.368 e. The van der Waals surface area contributed by atoms with Crippen LogP contribution in [-0.4, -0.2) is 60.2 Å². The van der Waals surface area contributed by atoms with E-state index in [2.05, 4.69) is 36.9 Å². The number of piperazine rings is 1. The Morgan fingerprint density at radius 1 is 1.00 bits per heavy atom. The summed E-state index contributed by atoms with van der Waals surface area (Å²) in [5.41, 5.74) is 3.80. The quantitative estimate of drug-likeness (QED) is 0.777. The number of hydrogen-bond acceptors (Lipinski definition) is 4. The van der Waals surface area contributed by atoms with Crippen molar-refractivity contribution in [3.8, 4) is 0 Å². The minimum Gasteiger partial charge on any atom is -0.368 e. The van der Waals surface area contributed by atoms with Gasteiger partial charge in [0.2, 0.25) is 17.7 Å². The maximum atomic E-state index is 12.4. The van der Waals surface area contributed by atoms with Gasteiger partial charge in [-0.05, 0) is 31.0 Å². The number of likely N-dealkylation sites (tertiary alicyclic amines) is 1. The van der Waals surface area contributed by atoms with Gasteiger partial charge < -0.3 is 9.80 Å². The molecule has 0 unspecified atom stereocenters. The third kappa shape index (κ3) is 3.67. The minimum atomic E-state index is -0.155. The highest BCUT2D eigenvalue weighted by Crippen LogP contribution is 2.24. The molecule has 2 saturated heterocycles. The summed E-state index contributed by atoms with van der Waals surface area (Å²) in [6.07, 6.45) is 0.782. The van der Waals surface area contributed by atoms with E-state index >= 15 is 0 Å². The zero-order chi connectivity index (χ0) is 18.0. The normalized spacial score (nSPS) is 18.2. The summed E-state index contributed by atoms with van der Waals surface area (Å²) >= 11 is 0. The van der Waals surface area contributed by atoms with Crippen LogP contribution in [0, 0.1) is 13.8 Å². The number of amides is 3. The summed E-state index contributed by atoms with van der Waals surface area (Å²) in [5.74, 6) is -0.289. The van der Waals surface area contributed by atoms with E-state index in [1.807, 2.05) is 4.90 Å². The van der Waals surface area contributed by atoms with Crippen LogP contribution in [0.4, 0.5) is 5.69 Å². The molecular weight excluding hydrogens is 318 g/mol. The molecule has 0 aromatic heterocycles. The standard InChI is InChI=1S/C19H25N3O3/c1-14-4-3-5-16(15(14)2)20-10-12-21(13-11-20)17(23)8-9-22-18(24)6-7-19(22)25/h3-5H,6-13H2,1-2H3. The number of aryl methyl sites for hydroxylation is 1. The summed E-state index contributed by atoms with van der Waals surface area (Å²) in [7, 11) is 0. The second-order valence-corrected chi connectivity index (χ2v) is 6.78. The Balaban J connectivity index is 1.52. The van der Waals surface area contributed by atoms with Crippen molar-refractivity contribution < 1.29 is 14.4 Å². The van der Waals surface area contributed by atoms with Crippen LogP contribution in [0.3, 0.4) is 0 Å². The minimum absolute atomic E-state index is 0.0214. The molecule has 6 heteroatoms. The van der Waals surface area contributed by atoms with E-state index in [4.69, 9.17) is 0 Å². The van der Waals surface area contributed by atoms with Crippen LogP contribution in [0.15, 0.2) is 18.2 Å². The smallest absolute Gasteiger partial charge is 0.229 e. The molecule has 0 spiro atoms. The maximum absolute atomic E-state index is 12.4. The highest BCUT2D eigenvalue weighted by molar-refractivity contribution is 6.02. The van der Waals surface area contributed by atoms with Crippen LogP contribution in [0.2, 0.25) is 0 Å². The van der Waals surface area contributed by atoms with Crippen LogP contribution in [-0.2, 0) is 14.4 Å². The predicted molar refractivity (Wildman–Crippen MR) is 95.3 cm³/mol. The van der Waals surface area contributed by atoms with Crippen molar-refractivity contribution in [1.29, 1.82) is 0 Å². The van der Waals surface area contributed by atoms with Crippen molar-refractivity contribution in [1.82, 2.24) is 9.80 Å². The Bertz CT molecular complexity index is 677. The SMILES string of the molecule is Cc1cccc(N2CCN(C(=O)CCN3C(=O)CCC3=O)CC2)c1C. The van der Waals surface area contributed by atoms with E-state index < -0.39 is 0 Å². The molecule has 0 atom stereocenters.